The summed E-state index contributed by atoms with van der Waals surface area (Å²) in [6.45, 7) is 2.70. The van der Waals surface area contributed by atoms with Gasteiger partial charge in [0, 0.05) is 26.1 Å². The summed E-state index contributed by atoms with van der Waals surface area (Å²) in [5.74, 6) is -0.246. The molecule has 0 aliphatic carbocycles. The van der Waals surface area contributed by atoms with E-state index in [0.717, 1.165) is 5.56 Å². The number of aryl methyl sites for hydroxylation is 1. The van der Waals surface area contributed by atoms with Crippen LogP contribution >= 0.6 is 0 Å². The maximum Gasteiger partial charge on any atom is 0.291 e. The van der Waals surface area contributed by atoms with Crippen LogP contribution in [0.5, 0.6) is 5.75 Å². The largest absolute Gasteiger partial charge is 0.481 e. The molecule has 0 atom stereocenters. The minimum Gasteiger partial charge on any atom is -0.481 e. The van der Waals surface area contributed by atoms with E-state index in [1.807, 2.05) is 37.3 Å². The lowest BCUT2D eigenvalue weighted by atomic mass is 10.2. The van der Waals surface area contributed by atoms with E-state index in [1.165, 1.54) is 6.07 Å². The van der Waals surface area contributed by atoms with Gasteiger partial charge in [-0.15, -0.1) is 0 Å². The summed E-state index contributed by atoms with van der Waals surface area (Å²) in [6, 6.07) is 10.7. The lowest BCUT2D eigenvalue weighted by Gasteiger charge is -2.11. The molecule has 6 nitrogen and oxygen atoms in total. The van der Waals surface area contributed by atoms with Crippen molar-refractivity contribution in [1.29, 1.82) is 0 Å². The maximum absolute atomic E-state index is 12.3. The van der Waals surface area contributed by atoms with Gasteiger partial charge in [0.05, 0.1) is 6.61 Å². The first-order chi connectivity index (χ1) is 11.7. The Morgan fingerprint density at radius 1 is 1.25 bits per heavy atom. The van der Waals surface area contributed by atoms with Crippen molar-refractivity contribution in [2.45, 2.75) is 20.0 Å². The molecule has 0 fully saturated rings. The number of nitrogens with one attached hydrogen (secondary N) is 1. The molecule has 0 aliphatic rings. The summed E-state index contributed by atoms with van der Waals surface area (Å²) < 4.78 is 16.0. The molecule has 1 heterocycles. The number of methoxy groups -OCH3 is 1. The second-order valence-corrected chi connectivity index (χ2v) is 5.11. The highest BCUT2D eigenvalue weighted by molar-refractivity contribution is 5.93. The number of rotatable bonds is 8. The molecule has 0 saturated heterocycles. The number of ether oxygens (including phenoxy) is 2. The van der Waals surface area contributed by atoms with E-state index in [-0.39, 0.29) is 23.5 Å². The average Bonchev–Trinajstić information content (AvgIpc) is 2.61. The molecule has 1 amide bonds. The predicted octanol–water partition coefficient (Wildman–Crippen LogP) is 2.16. The Balaban J connectivity index is 2.24. The summed E-state index contributed by atoms with van der Waals surface area (Å²) in [7, 11) is 1.54. The molecular formula is C18H21NO5. The predicted molar refractivity (Wildman–Crippen MR) is 89.3 cm³/mol. The molecule has 1 aromatic heterocycles. The van der Waals surface area contributed by atoms with Crippen molar-refractivity contribution in [3.05, 3.63) is 63.7 Å². The molecule has 128 valence electrons. The van der Waals surface area contributed by atoms with E-state index in [2.05, 4.69) is 5.32 Å². The highest BCUT2D eigenvalue weighted by atomic mass is 16.5. The molecule has 0 aliphatic heterocycles. The van der Waals surface area contributed by atoms with E-state index in [1.54, 1.807) is 7.11 Å². The van der Waals surface area contributed by atoms with Crippen molar-refractivity contribution in [1.82, 2.24) is 5.32 Å². The van der Waals surface area contributed by atoms with E-state index in [9.17, 15) is 9.59 Å². The monoisotopic (exact) mass is 331 g/mol. The molecule has 1 aromatic carbocycles. The number of carbonyl (C=O) groups is 1. The Bertz CT molecular complexity index is 724. The Morgan fingerprint density at radius 2 is 2.00 bits per heavy atom. The fourth-order valence-electron chi connectivity index (χ4n) is 2.07. The number of amides is 1. The summed E-state index contributed by atoms with van der Waals surface area (Å²) >= 11 is 0. The molecule has 0 spiro atoms. The van der Waals surface area contributed by atoms with Gasteiger partial charge >= 0.3 is 0 Å². The van der Waals surface area contributed by atoms with Gasteiger partial charge in [-0.1, -0.05) is 37.3 Å². The van der Waals surface area contributed by atoms with E-state index >= 15 is 0 Å². The summed E-state index contributed by atoms with van der Waals surface area (Å²) in [4.78, 5) is 24.6. The number of hydrogen-bond acceptors (Lipinski definition) is 5. The van der Waals surface area contributed by atoms with Crippen LogP contribution in [-0.2, 0) is 17.8 Å². The molecule has 0 saturated carbocycles. The molecule has 6 heteroatoms. The first kappa shape index (κ1) is 17.7. The van der Waals surface area contributed by atoms with Crippen molar-refractivity contribution < 1.29 is 18.7 Å². The number of benzene rings is 1. The minimum absolute atomic E-state index is 0.0778. The van der Waals surface area contributed by atoms with Crippen molar-refractivity contribution in [3.63, 3.8) is 0 Å². The van der Waals surface area contributed by atoms with Crippen molar-refractivity contribution in [3.8, 4) is 5.75 Å². The molecular weight excluding hydrogens is 310 g/mol. The molecule has 0 unspecified atom stereocenters. The second-order valence-electron chi connectivity index (χ2n) is 5.11. The molecule has 1 N–H and O–H groups in total. The zero-order chi connectivity index (χ0) is 17.4. The summed E-state index contributed by atoms with van der Waals surface area (Å²) in [5, 5.41) is 2.64. The Labute approximate surface area is 140 Å². The highest BCUT2D eigenvalue weighted by Gasteiger charge is 2.20. The second kappa shape index (κ2) is 8.88. The Kier molecular flexibility index (Phi) is 6.57. The number of carbonyl (C=O) groups excluding carboxylic acids is 1. The van der Waals surface area contributed by atoms with Gasteiger partial charge in [-0.25, -0.2) is 0 Å². The number of hydrogen-bond donors (Lipinski definition) is 1. The lowest BCUT2D eigenvalue weighted by molar-refractivity contribution is 0.0896. The van der Waals surface area contributed by atoms with Crippen LogP contribution in [0.25, 0.3) is 0 Å². The van der Waals surface area contributed by atoms with Crippen molar-refractivity contribution >= 4 is 5.91 Å². The normalized spacial score (nSPS) is 10.4. The van der Waals surface area contributed by atoms with Crippen LogP contribution in [-0.4, -0.2) is 26.2 Å². The topological polar surface area (TPSA) is 77.8 Å². The zero-order valence-electron chi connectivity index (χ0n) is 13.8. The van der Waals surface area contributed by atoms with Crippen LogP contribution in [0.3, 0.4) is 0 Å². The average molecular weight is 331 g/mol. The molecule has 0 radical (unpaired) electrons. The quantitative estimate of drug-likeness (QED) is 0.750. The van der Waals surface area contributed by atoms with Crippen LogP contribution in [0.15, 0.2) is 45.6 Å². The summed E-state index contributed by atoms with van der Waals surface area (Å²) in [6.07, 6.45) is 0.507. The first-order valence-corrected chi connectivity index (χ1v) is 7.76. The zero-order valence-corrected chi connectivity index (χ0v) is 13.8. The highest BCUT2D eigenvalue weighted by Crippen LogP contribution is 2.17. The van der Waals surface area contributed by atoms with Crippen molar-refractivity contribution in [2.75, 3.05) is 20.3 Å². The van der Waals surface area contributed by atoms with Gasteiger partial charge in [0.25, 0.3) is 5.91 Å². The van der Waals surface area contributed by atoms with Crippen LogP contribution < -0.4 is 15.5 Å². The van der Waals surface area contributed by atoms with Gasteiger partial charge in [0.2, 0.25) is 16.9 Å². The van der Waals surface area contributed by atoms with Gasteiger partial charge in [-0.05, 0) is 5.56 Å². The van der Waals surface area contributed by atoms with Gasteiger partial charge in [0.15, 0.2) is 0 Å². The SMILES string of the molecule is CCc1cc(=O)c(OCc2ccccc2)c(C(=O)NCCOC)o1. The third-order valence-corrected chi connectivity index (χ3v) is 3.33. The first-order valence-electron chi connectivity index (χ1n) is 7.76. The van der Waals surface area contributed by atoms with E-state index in [0.29, 0.717) is 25.3 Å². The lowest BCUT2D eigenvalue weighted by Crippen LogP contribution is -2.29. The smallest absolute Gasteiger partial charge is 0.291 e. The van der Waals surface area contributed by atoms with Gasteiger partial charge < -0.3 is 19.2 Å². The third-order valence-electron chi connectivity index (χ3n) is 3.33. The minimum atomic E-state index is -0.498. The fourth-order valence-corrected chi connectivity index (χ4v) is 2.07. The molecule has 24 heavy (non-hydrogen) atoms. The third kappa shape index (κ3) is 4.70. The Hall–Kier alpha value is -2.60. The maximum atomic E-state index is 12.3. The Morgan fingerprint density at radius 3 is 2.67 bits per heavy atom. The van der Waals surface area contributed by atoms with Crippen molar-refractivity contribution in [2.24, 2.45) is 0 Å². The van der Waals surface area contributed by atoms with Gasteiger partial charge in [-0.2, -0.15) is 0 Å². The molecule has 0 bridgehead atoms. The standard InChI is InChI=1S/C18H21NO5/c1-3-14-11-15(20)16(23-12-13-7-5-4-6-8-13)17(24-14)18(21)19-9-10-22-2/h4-8,11H,3,9-10,12H2,1-2H3,(H,19,21). The van der Waals surface area contributed by atoms with Gasteiger partial charge in [-0.3, -0.25) is 9.59 Å². The van der Waals surface area contributed by atoms with Crippen LogP contribution in [0.1, 0.15) is 28.8 Å². The summed E-state index contributed by atoms with van der Waals surface area (Å²) in [5.41, 5.74) is 0.521. The van der Waals surface area contributed by atoms with Gasteiger partial charge in [0.1, 0.15) is 12.4 Å². The van der Waals surface area contributed by atoms with E-state index in [4.69, 9.17) is 13.9 Å². The molecule has 2 aromatic rings. The van der Waals surface area contributed by atoms with E-state index < -0.39 is 5.91 Å². The van der Waals surface area contributed by atoms with Crippen LogP contribution in [0.2, 0.25) is 0 Å². The van der Waals surface area contributed by atoms with Crippen LogP contribution in [0, 0.1) is 0 Å². The fraction of sp³-hybridized carbons (Fsp3) is 0.333. The van der Waals surface area contributed by atoms with Crippen LogP contribution in [0.4, 0.5) is 0 Å². The molecule has 2 rings (SSSR count).